The molecule has 2 rings (SSSR count). The Hall–Kier alpha value is -2.14. The zero-order chi connectivity index (χ0) is 15.4. The fourth-order valence-electron chi connectivity index (χ4n) is 2.18. The third-order valence-electron chi connectivity index (χ3n) is 3.22. The highest BCUT2D eigenvalue weighted by molar-refractivity contribution is 5.48. The predicted molar refractivity (Wildman–Crippen MR) is 74.6 cm³/mol. The van der Waals surface area contributed by atoms with Gasteiger partial charge in [-0.1, -0.05) is 18.2 Å². The van der Waals surface area contributed by atoms with Crippen molar-refractivity contribution >= 4 is 0 Å². The first kappa shape index (κ1) is 15.3. The summed E-state index contributed by atoms with van der Waals surface area (Å²) in [6.45, 7) is 0. The number of methoxy groups -OCH3 is 2. The molecule has 0 radical (unpaired) electrons. The van der Waals surface area contributed by atoms with Gasteiger partial charge in [-0.05, 0) is 17.7 Å². The fourth-order valence-corrected chi connectivity index (χ4v) is 2.18. The van der Waals surface area contributed by atoms with Crippen molar-refractivity contribution in [2.45, 2.75) is 12.5 Å². The van der Waals surface area contributed by atoms with E-state index in [9.17, 15) is 13.9 Å². The number of aliphatic hydroxyl groups is 1. The third-order valence-corrected chi connectivity index (χ3v) is 3.22. The summed E-state index contributed by atoms with van der Waals surface area (Å²) in [6.07, 6.45) is -0.981. The van der Waals surface area contributed by atoms with E-state index in [1.54, 1.807) is 18.2 Å². The molecule has 0 saturated carbocycles. The largest absolute Gasteiger partial charge is 0.493 e. The quantitative estimate of drug-likeness (QED) is 0.920. The lowest BCUT2D eigenvalue weighted by molar-refractivity contribution is 0.171. The summed E-state index contributed by atoms with van der Waals surface area (Å²) in [4.78, 5) is 0. The summed E-state index contributed by atoms with van der Waals surface area (Å²) in [5.41, 5.74) is 0.717. The molecule has 2 aromatic carbocycles. The highest BCUT2D eigenvalue weighted by atomic mass is 19.1. The maximum Gasteiger partial charge on any atom is 0.166 e. The molecule has 112 valence electrons. The summed E-state index contributed by atoms with van der Waals surface area (Å²) < 4.78 is 36.9. The maximum absolute atomic E-state index is 13.6. The van der Waals surface area contributed by atoms with Crippen LogP contribution in [0.25, 0.3) is 0 Å². The minimum atomic E-state index is -0.991. The molecular weight excluding hydrogens is 278 g/mol. The molecule has 1 unspecified atom stereocenters. The van der Waals surface area contributed by atoms with Crippen molar-refractivity contribution in [3.05, 3.63) is 59.2 Å². The number of aliphatic hydroxyl groups excluding tert-OH is 1. The Kier molecular flexibility index (Phi) is 4.75. The zero-order valence-electron chi connectivity index (χ0n) is 11.8. The molecule has 0 aliphatic rings. The molecule has 0 heterocycles. The molecule has 0 amide bonds. The summed E-state index contributed by atoms with van der Waals surface area (Å²) in [5, 5.41) is 10.3. The van der Waals surface area contributed by atoms with E-state index in [4.69, 9.17) is 9.47 Å². The first-order valence-corrected chi connectivity index (χ1v) is 6.39. The van der Waals surface area contributed by atoms with Gasteiger partial charge in [0, 0.05) is 18.1 Å². The van der Waals surface area contributed by atoms with Crippen LogP contribution in [0, 0.1) is 11.6 Å². The van der Waals surface area contributed by atoms with Gasteiger partial charge in [0.05, 0.1) is 20.3 Å². The zero-order valence-corrected chi connectivity index (χ0v) is 11.8. The Morgan fingerprint density at radius 1 is 1.10 bits per heavy atom. The van der Waals surface area contributed by atoms with E-state index < -0.39 is 17.7 Å². The Bertz CT molecular complexity index is 629. The molecule has 0 aromatic heterocycles. The SMILES string of the molecule is COc1cccc(C(O)Cc2ccc(F)cc2F)c1OC. The van der Waals surface area contributed by atoms with Crippen molar-refractivity contribution < 1.29 is 23.4 Å². The van der Waals surface area contributed by atoms with Gasteiger partial charge in [-0.3, -0.25) is 0 Å². The monoisotopic (exact) mass is 294 g/mol. The standard InChI is InChI=1S/C16H16F2O3/c1-20-15-5-3-4-12(16(15)21-2)14(19)8-10-6-7-11(17)9-13(10)18/h3-7,9,14,19H,8H2,1-2H3. The number of rotatable bonds is 5. The van der Waals surface area contributed by atoms with Gasteiger partial charge in [-0.25, -0.2) is 8.78 Å². The van der Waals surface area contributed by atoms with Gasteiger partial charge in [0.2, 0.25) is 0 Å². The van der Waals surface area contributed by atoms with Crippen LogP contribution in [0.2, 0.25) is 0 Å². The minimum absolute atomic E-state index is 0.00956. The van der Waals surface area contributed by atoms with Crippen molar-refractivity contribution in [1.82, 2.24) is 0 Å². The van der Waals surface area contributed by atoms with Crippen molar-refractivity contribution in [2.75, 3.05) is 14.2 Å². The van der Waals surface area contributed by atoms with E-state index >= 15 is 0 Å². The lowest BCUT2D eigenvalue weighted by atomic mass is 10.00. The van der Waals surface area contributed by atoms with Crippen molar-refractivity contribution in [2.24, 2.45) is 0 Å². The van der Waals surface area contributed by atoms with Crippen LogP contribution in [0.1, 0.15) is 17.2 Å². The van der Waals surface area contributed by atoms with Crippen LogP contribution in [-0.4, -0.2) is 19.3 Å². The van der Waals surface area contributed by atoms with Gasteiger partial charge in [0.15, 0.2) is 11.5 Å². The first-order valence-electron chi connectivity index (χ1n) is 6.39. The molecule has 1 N–H and O–H groups in total. The molecular formula is C16H16F2O3. The number of hydrogen-bond acceptors (Lipinski definition) is 3. The van der Waals surface area contributed by atoms with Crippen molar-refractivity contribution in [3.63, 3.8) is 0 Å². The van der Waals surface area contributed by atoms with Gasteiger partial charge in [0.25, 0.3) is 0 Å². The molecule has 0 fully saturated rings. The lowest BCUT2D eigenvalue weighted by Gasteiger charge is -2.17. The first-order chi connectivity index (χ1) is 10.1. The summed E-state index contributed by atoms with van der Waals surface area (Å²) in [5.74, 6) is -0.454. The minimum Gasteiger partial charge on any atom is -0.493 e. The Balaban J connectivity index is 2.30. The number of ether oxygens (including phenoxy) is 2. The highest BCUT2D eigenvalue weighted by Gasteiger charge is 2.18. The van der Waals surface area contributed by atoms with E-state index in [0.717, 1.165) is 12.1 Å². The Labute approximate surface area is 121 Å². The number of halogens is 2. The second-order valence-electron chi connectivity index (χ2n) is 4.54. The molecule has 0 saturated heterocycles. The summed E-state index contributed by atoms with van der Waals surface area (Å²) in [6, 6.07) is 8.36. The lowest BCUT2D eigenvalue weighted by Crippen LogP contribution is -2.06. The predicted octanol–water partition coefficient (Wildman–Crippen LogP) is 3.26. The van der Waals surface area contributed by atoms with Crippen LogP contribution in [0.15, 0.2) is 36.4 Å². The van der Waals surface area contributed by atoms with Gasteiger partial charge in [-0.2, -0.15) is 0 Å². The second kappa shape index (κ2) is 6.54. The normalized spacial score (nSPS) is 12.0. The Morgan fingerprint density at radius 2 is 1.86 bits per heavy atom. The Morgan fingerprint density at radius 3 is 2.48 bits per heavy atom. The van der Waals surface area contributed by atoms with Crippen LogP contribution in [-0.2, 0) is 6.42 Å². The molecule has 1 atom stereocenters. The van der Waals surface area contributed by atoms with Crippen LogP contribution in [0.4, 0.5) is 8.78 Å². The van der Waals surface area contributed by atoms with Crippen LogP contribution in [0.5, 0.6) is 11.5 Å². The van der Waals surface area contributed by atoms with Crippen LogP contribution < -0.4 is 9.47 Å². The fraction of sp³-hybridized carbons (Fsp3) is 0.250. The number of para-hydroxylation sites is 1. The second-order valence-corrected chi connectivity index (χ2v) is 4.54. The molecule has 2 aromatic rings. The topological polar surface area (TPSA) is 38.7 Å². The van der Waals surface area contributed by atoms with E-state index in [-0.39, 0.29) is 12.0 Å². The van der Waals surface area contributed by atoms with Gasteiger partial charge in [-0.15, -0.1) is 0 Å². The van der Waals surface area contributed by atoms with E-state index in [2.05, 4.69) is 0 Å². The highest BCUT2D eigenvalue weighted by Crippen LogP contribution is 2.35. The average molecular weight is 294 g/mol. The van der Waals surface area contributed by atoms with E-state index in [1.807, 2.05) is 0 Å². The third kappa shape index (κ3) is 3.31. The van der Waals surface area contributed by atoms with Gasteiger partial charge >= 0.3 is 0 Å². The maximum atomic E-state index is 13.6. The molecule has 0 spiro atoms. The average Bonchev–Trinajstić information content (AvgIpc) is 2.49. The van der Waals surface area contributed by atoms with Gasteiger partial charge < -0.3 is 14.6 Å². The number of hydrogen-bond donors (Lipinski definition) is 1. The number of benzene rings is 2. The van der Waals surface area contributed by atoms with E-state index in [1.165, 1.54) is 20.3 Å². The van der Waals surface area contributed by atoms with Crippen molar-refractivity contribution in [3.8, 4) is 11.5 Å². The molecule has 3 nitrogen and oxygen atoms in total. The molecule has 5 heteroatoms. The van der Waals surface area contributed by atoms with Crippen LogP contribution >= 0.6 is 0 Å². The van der Waals surface area contributed by atoms with E-state index in [0.29, 0.717) is 17.1 Å². The summed E-state index contributed by atoms with van der Waals surface area (Å²) >= 11 is 0. The van der Waals surface area contributed by atoms with Crippen LogP contribution in [0.3, 0.4) is 0 Å². The molecule has 0 bridgehead atoms. The van der Waals surface area contributed by atoms with Gasteiger partial charge in [0.1, 0.15) is 11.6 Å². The summed E-state index contributed by atoms with van der Waals surface area (Å²) in [7, 11) is 2.96. The molecule has 0 aliphatic heterocycles. The smallest absolute Gasteiger partial charge is 0.166 e. The molecule has 21 heavy (non-hydrogen) atoms. The van der Waals surface area contributed by atoms with Crippen molar-refractivity contribution in [1.29, 1.82) is 0 Å². The molecule has 0 aliphatic carbocycles.